The molecule has 1 aliphatic carbocycles. The zero-order valence-corrected chi connectivity index (χ0v) is 13.1. The molecule has 120 valence electrons. The van der Waals surface area contributed by atoms with Gasteiger partial charge in [0.05, 0.1) is 0 Å². The summed E-state index contributed by atoms with van der Waals surface area (Å²) in [5.74, 6) is 1.25. The molecule has 0 bridgehead atoms. The lowest BCUT2D eigenvalue weighted by molar-refractivity contribution is 0.0568. The average Bonchev–Trinajstić information content (AvgIpc) is 3.10. The number of hydrogen-bond donors (Lipinski definition) is 1. The van der Waals surface area contributed by atoms with Crippen molar-refractivity contribution in [2.24, 2.45) is 0 Å². The molecule has 2 fully saturated rings. The van der Waals surface area contributed by atoms with E-state index >= 15 is 0 Å². The zero-order valence-electron chi connectivity index (χ0n) is 13.1. The first-order valence-electron chi connectivity index (χ1n) is 8.54. The number of rotatable bonds is 4. The van der Waals surface area contributed by atoms with E-state index in [4.69, 9.17) is 0 Å². The largest absolute Gasteiger partial charge is 0.396 e. The van der Waals surface area contributed by atoms with Gasteiger partial charge in [-0.2, -0.15) is 0 Å². The molecule has 3 rings (SSSR count). The van der Waals surface area contributed by atoms with Crippen LogP contribution in [0.3, 0.4) is 0 Å². The van der Waals surface area contributed by atoms with E-state index in [9.17, 15) is 9.90 Å². The van der Waals surface area contributed by atoms with Crippen LogP contribution in [0, 0.1) is 0 Å². The standard InChI is InChI=1S/C17H25N3O2/c21-12-9-14-7-3-4-11-20(14)17(22)15-8-10-18-16(19-15)13-5-1-2-6-13/h8,10,13-14,21H,1-7,9,11-12H2. The van der Waals surface area contributed by atoms with Crippen LogP contribution in [0.1, 0.15) is 73.6 Å². The van der Waals surface area contributed by atoms with E-state index in [1.165, 1.54) is 12.8 Å². The first-order valence-corrected chi connectivity index (χ1v) is 8.54. The number of hydrogen-bond acceptors (Lipinski definition) is 4. The van der Waals surface area contributed by atoms with Crippen LogP contribution in [0.25, 0.3) is 0 Å². The highest BCUT2D eigenvalue weighted by Crippen LogP contribution is 2.32. The summed E-state index contributed by atoms with van der Waals surface area (Å²) >= 11 is 0. The summed E-state index contributed by atoms with van der Waals surface area (Å²) < 4.78 is 0. The van der Waals surface area contributed by atoms with Crippen LogP contribution in [0.2, 0.25) is 0 Å². The third-order valence-corrected chi connectivity index (χ3v) is 4.96. The molecule has 22 heavy (non-hydrogen) atoms. The fraction of sp³-hybridized carbons (Fsp3) is 0.706. The predicted octanol–water partition coefficient (Wildman–Crippen LogP) is 2.51. The summed E-state index contributed by atoms with van der Waals surface area (Å²) in [5, 5.41) is 9.21. The summed E-state index contributed by atoms with van der Waals surface area (Å²) in [6.45, 7) is 0.901. The number of amides is 1. The molecular weight excluding hydrogens is 278 g/mol. The minimum Gasteiger partial charge on any atom is -0.396 e. The topological polar surface area (TPSA) is 66.3 Å². The second-order valence-electron chi connectivity index (χ2n) is 6.44. The Bertz CT molecular complexity index is 512. The Morgan fingerprint density at radius 2 is 2.00 bits per heavy atom. The number of piperidine rings is 1. The Morgan fingerprint density at radius 1 is 1.23 bits per heavy atom. The maximum absolute atomic E-state index is 12.8. The van der Waals surface area contributed by atoms with Crippen LogP contribution < -0.4 is 0 Å². The zero-order chi connectivity index (χ0) is 15.4. The molecule has 2 aliphatic rings. The average molecular weight is 303 g/mol. The minimum atomic E-state index is -0.000188. The molecule has 1 N–H and O–H groups in total. The van der Waals surface area contributed by atoms with E-state index < -0.39 is 0 Å². The Hall–Kier alpha value is -1.49. The second kappa shape index (κ2) is 7.18. The number of aromatic nitrogens is 2. The molecule has 0 radical (unpaired) electrons. The first-order chi connectivity index (χ1) is 10.8. The minimum absolute atomic E-state index is 0.000188. The number of carbonyl (C=O) groups is 1. The molecule has 1 amide bonds. The molecule has 0 aromatic carbocycles. The summed E-state index contributed by atoms with van der Waals surface area (Å²) in [6, 6.07) is 1.88. The smallest absolute Gasteiger partial charge is 0.272 e. The summed E-state index contributed by atoms with van der Waals surface area (Å²) in [4.78, 5) is 23.7. The number of aliphatic hydroxyl groups is 1. The Balaban J connectivity index is 1.77. The van der Waals surface area contributed by atoms with Gasteiger partial charge >= 0.3 is 0 Å². The summed E-state index contributed by atoms with van der Waals surface area (Å²) in [5.41, 5.74) is 0.515. The van der Waals surface area contributed by atoms with Gasteiger partial charge in [-0.1, -0.05) is 12.8 Å². The van der Waals surface area contributed by atoms with Crippen LogP contribution in [-0.4, -0.2) is 45.1 Å². The number of carbonyl (C=O) groups excluding carboxylic acids is 1. The maximum Gasteiger partial charge on any atom is 0.272 e. The predicted molar refractivity (Wildman–Crippen MR) is 83.6 cm³/mol. The third kappa shape index (κ3) is 3.29. The molecule has 1 aromatic rings. The van der Waals surface area contributed by atoms with Crippen LogP contribution in [0.5, 0.6) is 0 Å². The van der Waals surface area contributed by atoms with Crippen molar-refractivity contribution >= 4 is 5.91 Å². The Kier molecular flexibility index (Phi) is 5.03. The lowest BCUT2D eigenvalue weighted by Gasteiger charge is -2.35. The van der Waals surface area contributed by atoms with Crippen LogP contribution >= 0.6 is 0 Å². The Morgan fingerprint density at radius 3 is 2.77 bits per heavy atom. The lowest BCUT2D eigenvalue weighted by Crippen LogP contribution is -2.44. The van der Waals surface area contributed by atoms with E-state index in [1.807, 2.05) is 4.90 Å². The van der Waals surface area contributed by atoms with Gasteiger partial charge in [0.2, 0.25) is 0 Å². The van der Waals surface area contributed by atoms with Gasteiger partial charge in [-0.3, -0.25) is 4.79 Å². The van der Waals surface area contributed by atoms with Gasteiger partial charge in [0.15, 0.2) is 0 Å². The normalized spacial score (nSPS) is 23.0. The highest BCUT2D eigenvalue weighted by molar-refractivity contribution is 5.92. The molecule has 1 aromatic heterocycles. The fourth-order valence-electron chi connectivity index (χ4n) is 3.74. The molecule has 5 heteroatoms. The second-order valence-corrected chi connectivity index (χ2v) is 6.44. The van der Waals surface area contributed by atoms with Crippen LogP contribution in [0.15, 0.2) is 12.3 Å². The van der Waals surface area contributed by atoms with Crippen molar-refractivity contribution in [1.29, 1.82) is 0 Å². The highest BCUT2D eigenvalue weighted by Gasteiger charge is 2.28. The molecule has 2 heterocycles. The highest BCUT2D eigenvalue weighted by atomic mass is 16.3. The fourth-order valence-corrected chi connectivity index (χ4v) is 3.74. The monoisotopic (exact) mass is 303 g/mol. The van der Waals surface area contributed by atoms with Gasteiger partial charge in [0.1, 0.15) is 11.5 Å². The number of nitrogens with zero attached hydrogens (tertiary/aromatic N) is 3. The van der Waals surface area contributed by atoms with Crippen molar-refractivity contribution in [1.82, 2.24) is 14.9 Å². The van der Waals surface area contributed by atoms with Crippen molar-refractivity contribution in [3.63, 3.8) is 0 Å². The molecule has 1 atom stereocenters. The molecular formula is C17H25N3O2. The van der Waals surface area contributed by atoms with Crippen molar-refractivity contribution in [3.05, 3.63) is 23.8 Å². The van der Waals surface area contributed by atoms with Gasteiger partial charge in [-0.25, -0.2) is 9.97 Å². The van der Waals surface area contributed by atoms with Gasteiger partial charge in [0.25, 0.3) is 5.91 Å². The molecule has 1 saturated carbocycles. The molecule has 1 saturated heterocycles. The number of aliphatic hydroxyl groups excluding tert-OH is 1. The Labute approximate surface area is 131 Å². The van der Waals surface area contributed by atoms with Gasteiger partial charge < -0.3 is 10.0 Å². The molecule has 5 nitrogen and oxygen atoms in total. The first kappa shape index (κ1) is 15.4. The number of likely N-dealkylation sites (tertiary alicyclic amines) is 1. The quantitative estimate of drug-likeness (QED) is 0.928. The van der Waals surface area contributed by atoms with Gasteiger partial charge in [0, 0.05) is 31.3 Å². The SMILES string of the molecule is O=C(c1ccnc(C2CCCC2)n1)N1CCCCC1CCO. The van der Waals surface area contributed by atoms with Crippen molar-refractivity contribution in [2.45, 2.75) is 63.3 Å². The van der Waals surface area contributed by atoms with Crippen LogP contribution in [-0.2, 0) is 0 Å². The van der Waals surface area contributed by atoms with Crippen LogP contribution in [0.4, 0.5) is 0 Å². The summed E-state index contributed by atoms with van der Waals surface area (Å²) in [7, 11) is 0. The maximum atomic E-state index is 12.8. The van der Waals surface area contributed by atoms with Crippen molar-refractivity contribution < 1.29 is 9.90 Å². The van der Waals surface area contributed by atoms with Crippen molar-refractivity contribution in [3.8, 4) is 0 Å². The third-order valence-electron chi connectivity index (χ3n) is 4.96. The van der Waals surface area contributed by atoms with Gasteiger partial charge in [-0.15, -0.1) is 0 Å². The van der Waals surface area contributed by atoms with Crippen molar-refractivity contribution in [2.75, 3.05) is 13.2 Å². The van der Waals surface area contributed by atoms with E-state index in [1.54, 1.807) is 12.3 Å². The summed E-state index contributed by atoms with van der Waals surface area (Å²) in [6.07, 6.45) is 10.3. The van der Waals surface area contributed by atoms with E-state index in [0.717, 1.165) is 44.5 Å². The molecule has 0 spiro atoms. The van der Waals surface area contributed by atoms with E-state index in [2.05, 4.69) is 9.97 Å². The van der Waals surface area contributed by atoms with E-state index in [-0.39, 0.29) is 18.6 Å². The molecule has 1 aliphatic heterocycles. The van der Waals surface area contributed by atoms with Gasteiger partial charge in [-0.05, 0) is 44.6 Å². The molecule has 1 unspecified atom stereocenters. The van der Waals surface area contributed by atoms with E-state index in [0.29, 0.717) is 18.0 Å². The lowest BCUT2D eigenvalue weighted by atomic mass is 9.99.